The average Bonchev–Trinajstić information content (AvgIpc) is 2.67. The number of likely N-dealkylation sites (N-methyl/N-ethyl adjacent to an activating group) is 1. The summed E-state index contributed by atoms with van der Waals surface area (Å²) in [5.41, 5.74) is 0.0165. The molecule has 31 heavy (non-hydrogen) atoms. The number of aryl methyl sites for hydroxylation is 1. The molecule has 0 spiro atoms. The average molecular weight is 438 g/mol. The van der Waals surface area contributed by atoms with Crippen molar-refractivity contribution >= 4 is 17.9 Å². The van der Waals surface area contributed by atoms with Crippen LogP contribution >= 0.6 is 0 Å². The number of phenols is 1. The number of aliphatic hydroxyl groups excluding tert-OH is 1. The van der Waals surface area contributed by atoms with Crippen LogP contribution in [0.15, 0.2) is 18.2 Å². The smallest absolute Gasteiger partial charge is 0.408 e. The summed E-state index contributed by atoms with van der Waals surface area (Å²) in [5, 5.41) is 25.3. The summed E-state index contributed by atoms with van der Waals surface area (Å²) in [5.74, 6) is -1.28. The van der Waals surface area contributed by atoms with Gasteiger partial charge in [0.2, 0.25) is 11.8 Å². The van der Waals surface area contributed by atoms with Gasteiger partial charge in [-0.3, -0.25) is 9.59 Å². The molecule has 2 unspecified atom stereocenters. The molecule has 1 rings (SSSR count). The molecule has 3 amide bonds. The molecule has 0 aliphatic rings. The molecule has 0 aromatic heterocycles. The van der Waals surface area contributed by atoms with E-state index < -0.39 is 42.2 Å². The maximum Gasteiger partial charge on any atom is 0.408 e. The number of nitrogens with zero attached hydrogens (tertiary/aromatic N) is 1. The van der Waals surface area contributed by atoms with Crippen LogP contribution in [0.25, 0.3) is 0 Å². The Labute approximate surface area is 183 Å². The first-order valence-corrected chi connectivity index (χ1v) is 10.4. The minimum absolute atomic E-state index is 0.0987. The number of aliphatic hydroxyl groups is 1. The van der Waals surface area contributed by atoms with E-state index in [0.29, 0.717) is 12.1 Å². The van der Waals surface area contributed by atoms with Crippen molar-refractivity contribution in [3.8, 4) is 5.75 Å². The highest BCUT2D eigenvalue weighted by molar-refractivity contribution is 5.92. The van der Waals surface area contributed by atoms with Crippen molar-refractivity contribution in [2.75, 3.05) is 20.2 Å². The summed E-state index contributed by atoms with van der Waals surface area (Å²) in [4.78, 5) is 39.2. The number of nitrogens with one attached hydrogen (secondary N) is 2. The SMILES string of the molecule is CCCCNC(=O)C(c1cccc(C)c1O)N(C)C(=O)C(CO)NC(=O)OC(C)(C)C. The van der Waals surface area contributed by atoms with Crippen molar-refractivity contribution < 1.29 is 29.3 Å². The number of aromatic hydroxyl groups is 1. The number of alkyl carbamates (subject to hydrolysis) is 1. The summed E-state index contributed by atoms with van der Waals surface area (Å²) in [6.45, 7) is 8.42. The van der Waals surface area contributed by atoms with Gasteiger partial charge >= 0.3 is 6.09 Å². The van der Waals surface area contributed by atoms with Crippen LogP contribution in [0.3, 0.4) is 0 Å². The number of rotatable bonds is 9. The fraction of sp³-hybridized carbons (Fsp3) is 0.591. The fourth-order valence-electron chi connectivity index (χ4n) is 2.92. The molecule has 174 valence electrons. The maximum absolute atomic E-state index is 13.1. The molecule has 0 aliphatic carbocycles. The number of benzene rings is 1. The van der Waals surface area contributed by atoms with E-state index in [9.17, 15) is 24.6 Å². The van der Waals surface area contributed by atoms with Crippen molar-refractivity contribution in [3.63, 3.8) is 0 Å². The van der Waals surface area contributed by atoms with Crippen molar-refractivity contribution in [2.24, 2.45) is 0 Å². The van der Waals surface area contributed by atoms with Gasteiger partial charge in [0.1, 0.15) is 23.4 Å². The molecule has 9 heteroatoms. The lowest BCUT2D eigenvalue weighted by atomic mass is 10.00. The van der Waals surface area contributed by atoms with Gasteiger partial charge in [0.05, 0.1) is 6.61 Å². The molecule has 0 aliphatic heterocycles. The lowest BCUT2D eigenvalue weighted by molar-refractivity contribution is -0.141. The first kappa shape index (κ1) is 26.2. The van der Waals surface area contributed by atoms with Crippen LogP contribution < -0.4 is 10.6 Å². The van der Waals surface area contributed by atoms with Crippen LogP contribution in [0.2, 0.25) is 0 Å². The maximum atomic E-state index is 13.1. The Hall–Kier alpha value is -2.81. The summed E-state index contributed by atoms with van der Waals surface area (Å²) in [6.07, 6.45) is 0.771. The first-order chi connectivity index (χ1) is 14.4. The van der Waals surface area contributed by atoms with Gasteiger partial charge in [0.25, 0.3) is 0 Å². The molecular weight excluding hydrogens is 402 g/mol. The second kappa shape index (κ2) is 11.5. The zero-order valence-corrected chi connectivity index (χ0v) is 19.2. The zero-order valence-electron chi connectivity index (χ0n) is 19.2. The molecule has 4 N–H and O–H groups in total. The Morgan fingerprint density at radius 3 is 2.42 bits per heavy atom. The number of hydrogen-bond donors (Lipinski definition) is 4. The number of carbonyl (C=O) groups excluding carboxylic acids is 3. The van der Waals surface area contributed by atoms with Gasteiger partial charge in [0, 0.05) is 19.2 Å². The topological polar surface area (TPSA) is 128 Å². The molecular formula is C22H35N3O6. The van der Waals surface area contributed by atoms with E-state index in [4.69, 9.17) is 4.74 Å². The number of unbranched alkanes of at least 4 members (excludes halogenated alkanes) is 1. The quantitative estimate of drug-likeness (QED) is 0.438. The standard InChI is InChI=1S/C22H35N3O6/c1-7-8-12-23-19(28)17(15-11-9-10-14(2)18(15)27)25(6)20(29)16(13-26)24-21(30)31-22(3,4)5/h9-11,16-17,26-27H,7-8,12-13H2,1-6H3,(H,23,28)(H,24,30). The third-order valence-corrected chi connectivity index (χ3v) is 4.55. The first-order valence-electron chi connectivity index (χ1n) is 10.4. The van der Waals surface area contributed by atoms with Crippen LogP contribution in [0.5, 0.6) is 5.75 Å². The van der Waals surface area contributed by atoms with E-state index in [1.54, 1.807) is 45.9 Å². The molecule has 0 saturated heterocycles. The van der Waals surface area contributed by atoms with E-state index in [0.717, 1.165) is 17.7 Å². The number of phenolic OH excluding ortho intramolecular Hbond substituents is 1. The Kier molecular flexibility index (Phi) is 9.77. The van der Waals surface area contributed by atoms with E-state index in [1.165, 1.54) is 7.05 Å². The normalized spacial score (nSPS) is 13.1. The minimum atomic E-state index is -1.32. The third-order valence-electron chi connectivity index (χ3n) is 4.55. The van der Waals surface area contributed by atoms with Crippen molar-refractivity contribution in [3.05, 3.63) is 29.3 Å². The molecule has 0 heterocycles. The van der Waals surface area contributed by atoms with Gasteiger partial charge in [-0.05, 0) is 39.7 Å². The number of para-hydroxylation sites is 1. The van der Waals surface area contributed by atoms with Crippen LogP contribution in [-0.2, 0) is 14.3 Å². The van der Waals surface area contributed by atoms with Gasteiger partial charge in [-0.2, -0.15) is 0 Å². The molecule has 1 aromatic carbocycles. The highest BCUT2D eigenvalue weighted by atomic mass is 16.6. The Balaban J connectivity index is 3.18. The summed E-state index contributed by atoms with van der Waals surface area (Å²) < 4.78 is 5.14. The van der Waals surface area contributed by atoms with Gasteiger partial charge in [-0.1, -0.05) is 31.5 Å². The van der Waals surface area contributed by atoms with Crippen molar-refractivity contribution in [2.45, 2.75) is 65.1 Å². The van der Waals surface area contributed by atoms with Gasteiger partial charge in [-0.25, -0.2) is 4.79 Å². The molecule has 0 saturated carbocycles. The molecule has 0 fully saturated rings. The van der Waals surface area contributed by atoms with Gasteiger partial charge in [0.15, 0.2) is 0 Å². The molecule has 9 nitrogen and oxygen atoms in total. The van der Waals surface area contributed by atoms with Gasteiger partial charge < -0.3 is 30.5 Å². The number of carbonyl (C=O) groups is 3. The van der Waals surface area contributed by atoms with Crippen LogP contribution in [0.1, 0.15) is 57.7 Å². The monoisotopic (exact) mass is 437 g/mol. The van der Waals surface area contributed by atoms with Crippen LogP contribution in [-0.4, -0.2) is 64.9 Å². The Bertz CT molecular complexity index is 775. The van der Waals surface area contributed by atoms with Crippen molar-refractivity contribution in [1.29, 1.82) is 0 Å². The van der Waals surface area contributed by atoms with E-state index in [1.807, 2.05) is 6.92 Å². The second-order valence-corrected chi connectivity index (χ2v) is 8.39. The third kappa shape index (κ3) is 7.75. The fourth-order valence-corrected chi connectivity index (χ4v) is 2.92. The Morgan fingerprint density at radius 1 is 1.23 bits per heavy atom. The van der Waals surface area contributed by atoms with Crippen molar-refractivity contribution in [1.82, 2.24) is 15.5 Å². The minimum Gasteiger partial charge on any atom is -0.507 e. The highest BCUT2D eigenvalue weighted by Gasteiger charge is 2.35. The summed E-state index contributed by atoms with van der Waals surface area (Å²) >= 11 is 0. The number of ether oxygens (including phenoxy) is 1. The van der Waals surface area contributed by atoms with Gasteiger partial charge in [-0.15, -0.1) is 0 Å². The molecule has 0 bridgehead atoms. The van der Waals surface area contributed by atoms with E-state index >= 15 is 0 Å². The lowest BCUT2D eigenvalue weighted by Gasteiger charge is -2.31. The number of amides is 3. The summed E-state index contributed by atoms with van der Waals surface area (Å²) in [7, 11) is 1.38. The predicted molar refractivity (Wildman–Crippen MR) is 117 cm³/mol. The zero-order chi connectivity index (χ0) is 23.8. The molecule has 1 aromatic rings. The Morgan fingerprint density at radius 2 is 1.87 bits per heavy atom. The summed E-state index contributed by atoms with van der Waals surface area (Å²) in [6, 6.07) is 2.45. The highest BCUT2D eigenvalue weighted by Crippen LogP contribution is 2.31. The van der Waals surface area contributed by atoms with E-state index in [-0.39, 0.29) is 11.3 Å². The molecule has 2 atom stereocenters. The predicted octanol–water partition coefficient (Wildman–Crippen LogP) is 2.00. The largest absolute Gasteiger partial charge is 0.507 e. The molecule has 0 radical (unpaired) electrons. The number of hydrogen-bond acceptors (Lipinski definition) is 6. The second-order valence-electron chi connectivity index (χ2n) is 8.39. The lowest BCUT2D eigenvalue weighted by Crippen LogP contribution is -2.53. The van der Waals surface area contributed by atoms with Crippen LogP contribution in [0.4, 0.5) is 4.79 Å². The van der Waals surface area contributed by atoms with E-state index in [2.05, 4.69) is 10.6 Å². The van der Waals surface area contributed by atoms with Crippen LogP contribution in [0, 0.1) is 6.92 Å².